The van der Waals surface area contributed by atoms with Crippen LogP contribution < -0.4 is 0 Å². The van der Waals surface area contributed by atoms with Crippen molar-refractivity contribution in [1.29, 1.82) is 0 Å². The fourth-order valence-electron chi connectivity index (χ4n) is 1.89. The molecule has 0 aliphatic carbocycles. The molecule has 12 heavy (non-hydrogen) atoms. The lowest BCUT2D eigenvalue weighted by Crippen LogP contribution is -2.21. The molecule has 0 amide bonds. The molecular formula is C10H20BrN. The van der Waals surface area contributed by atoms with E-state index in [9.17, 15) is 0 Å². The van der Waals surface area contributed by atoms with E-state index in [0.717, 1.165) is 5.92 Å². The molecule has 0 spiro atoms. The highest BCUT2D eigenvalue weighted by molar-refractivity contribution is 9.09. The van der Waals surface area contributed by atoms with Gasteiger partial charge < -0.3 is 4.90 Å². The van der Waals surface area contributed by atoms with Crippen LogP contribution in [0.2, 0.25) is 0 Å². The topological polar surface area (TPSA) is 3.24 Å². The average molecular weight is 234 g/mol. The van der Waals surface area contributed by atoms with E-state index in [4.69, 9.17) is 0 Å². The summed E-state index contributed by atoms with van der Waals surface area (Å²) in [5.74, 6) is 0.973. The van der Waals surface area contributed by atoms with Gasteiger partial charge in [0, 0.05) is 11.9 Å². The second kappa shape index (κ2) is 5.98. The third-order valence-electron chi connectivity index (χ3n) is 2.72. The molecule has 1 aliphatic heterocycles. The van der Waals surface area contributed by atoms with Gasteiger partial charge in [0.1, 0.15) is 0 Å². The van der Waals surface area contributed by atoms with Gasteiger partial charge in [0.2, 0.25) is 0 Å². The molecule has 1 heterocycles. The van der Waals surface area contributed by atoms with Crippen LogP contribution in [0.3, 0.4) is 0 Å². The number of likely N-dealkylation sites (tertiary alicyclic amines) is 1. The molecule has 1 unspecified atom stereocenters. The van der Waals surface area contributed by atoms with E-state index in [-0.39, 0.29) is 0 Å². The highest BCUT2D eigenvalue weighted by Crippen LogP contribution is 2.20. The van der Waals surface area contributed by atoms with Crippen LogP contribution in [0.25, 0.3) is 0 Å². The van der Waals surface area contributed by atoms with Gasteiger partial charge in [-0.1, -0.05) is 29.3 Å². The van der Waals surface area contributed by atoms with E-state index < -0.39 is 0 Å². The molecule has 2 heteroatoms. The van der Waals surface area contributed by atoms with Crippen molar-refractivity contribution in [2.24, 2.45) is 5.92 Å². The highest BCUT2D eigenvalue weighted by Gasteiger charge is 2.20. The summed E-state index contributed by atoms with van der Waals surface area (Å²) in [6.45, 7) is 6.30. The Morgan fingerprint density at radius 1 is 1.50 bits per heavy atom. The molecule has 1 atom stereocenters. The van der Waals surface area contributed by atoms with E-state index in [1.54, 1.807) is 0 Å². The summed E-state index contributed by atoms with van der Waals surface area (Å²) in [6.07, 6.45) is 5.50. The Morgan fingerprint density at radius 2 is 2.33 bits per heavy atom. The SMILES string of the molecule is CCCCN1CCC(CCBr)C1. The van der Waals surface area contributed by atoms with Crippen LogP contribution in [-0.4, -0.2) is 29.9 Å². The highest BCUT2D eigenvalue weighted by atomic mass is 79.9. The molecule has 0 aromatic heterocycles. The minimum absolute atomic E-state index is 0.973. The van der Waals surface area contributed by atoms with Crippen LogP contribution in [0.5, 0.6) is 0 Å². The molecule has 0 aromatic carbocycles. The number of nitrogens with zero attached hydrogens (tertiary/aromatic N) is 1. The van der Waals surface area contributed by atoms with Gasteiger partial charge in [-0.2, -0.15) is 0 Å². The minimum atomic E-state index is 0.973. The molecular weight excluding hydrogens is 214 g/mol. The van der Waals surface area contributed by atoms with Crippen molar-refractivity contribution < 1.29 is 0 Å². The molecule has 1 fully saturated rings. The molecule has 1 nitrogen and oxygen atoms in total. The number of halogens is 1. The standard InChI is InChI=1S/C10H20BrN/c1-2-3-7-12-8-5-10(9-12)4-6-11/h10H,2-9H2,1H3. The third-order valence-corrected chi connectivity index (χ3v) is 3.17. The van der Waals surface area contributed by atoms with Gasteiger partial charge >= 0.3 is 0 Å². The Bertz CT molecular complexity index is 116. The maximum Gasteiger partial charge on any atom is 0.00344 e. The number of unbranched alkanes of at least 4 members (excludes halogenated alkanes) is 1. The molecule has 0 radical (unpaired) electrons. The zero-order valence-corrected chi connectivity index (χ0v) is 9.65. The third kappa shape index (κ3) is 3.44. The Kier molecular flexibility index (Phi) is 5.24. The average Bonchev–Trinajstić information content (AvgIpc) is 2.50. The fraction of sp³-hybridized carbons (Fsp3) is 1.00. The Hall–Kier alpha value is 0.440. The van der Waals surface area contributed by atoms with Gasteiger partial charge in [-0.05, 0) is 38.3 Å². The van der Waals surface area contributed by atoms with Gasteiger partial charge in [0.05, 0.1) is 0 Å². The normalized spacial score (nSPS) is 25.0. The molecule has 1 rings (SSSR count). The number of hydrogen-bond donors (Lipinski definition) is 0. The maximum atomic E-state index is 3.51. The molecule has 1 saturated heterocycles. The molecule has 0 bridgehead atoms. The van der Waals surface area contributed by atoms with Crippen LogP contribution in [0.1, 0.15) is 32.6 Å². The summed E-state index contributed by atoms with van der Waals surface area (Å²) in [6, 6.07) is 0. The maximum absolute atomic E-state index is 3.51. The molecule has 72 valence electrons. The lowest BCUT2D eigenvalue weighted by Gasteiger charge is -2.14. The van der Waals surface area contributed by atoms with E-state index in [1.807, 2.05) is 0 Å². The summed E-state index contributed by atoms with van der Waals surface area (Å²) < 4.78 is 0. The second-order valence-corrected chi connectivity index (χ2v) is 4.58. The van der Waals surface area contributed by atoms with Crippen molar-refractivity contribution in [2.45, 2.75) is 32.6 Å². The van der Waals surface area contributed by atoms with E-state index >= 15 is 0 Å². The number of hydrogen-bond acceptors (Lipinski definition) is 1. The molecule has 0 saturated carbocycles. The lowest BCUT2D eigenvalue weighted by atomic mass is 10.1. The van der Waals surface area contributed by atoms with E-state index in [1.165, 1.54) is 50.6 Å². The number of alkyl halides is 1. The van der Waals surface area contributed by atoms with Gasteiger partial charge in [-0.3, -0.25) is 0 Å². The zero-order valence-electron chi connectivity index (χ0n) is 8.06. The first-order valence-corrected chi connectivity index (χ1v) is 6.27. The van der Waals surface area contributed by atoms with Gasteiger partial charge in [0.15, 0.2) is 0 Å². The summed E-state index contributed by atoms with van der Waals surface area (Å²) in [7, 11) is 0. The fourth-order valence-corrected chi connectivity index (χ4v) is 2.54. The van der Waals surface area contributed by atoms with E-state index in [2.05, 4.69) is 27.8 Å². The van der Waals surface area contributed by atoms with Gasteiger partial charge in [-0.25, -0.2) is 0 Å². The monoisotopic (exact) mass is 233 g/mol. The quantitative estimate of drug-likeness (QED) is 0.661. The van der Waals surface area contributed by atoms with Gasteiger partial charge in [-0.15, -0.1) is 0 Å². The first-order chi connectivity index (χ1) is 5.86. The summed E-state index contributed by atoms with van der Waals surface area (Å²) in [5.41, 5.74) is 0. The van der Waals surface area contributed by atoms with Gasteiger partial charge in [0.25, 0.3) is 0 Å². The Morgan fingerprint density at radius 3 is 3.00 bits per heavy atom. The van der Waals surface area contributed by atoms with Crippen LogP contribution >= 0.6 is 15.9 Å². The Balaban J connectivity index is 2.08. The van der Waals surface area contributed by atoms with Crippen molar-refractivity contribution in [2.75, 3.05) is 25.0 Å². The molecule has 0 aromatic rings. The van der Waals surface area contributed by atoms with Crippen LogP contribution in [0, 0.1) is 5.92 Å². The Labute approximate surface area is 84.6 Å². The summed E-state index contributed by atoms with van der Waals surface area (Å²) in [5, 5.41) is 1.18. The van der Waals surface area contributed by atoms with Crippen molar-refractivity contribution in [1.82, 2.24) is 4.90 Å². The van der Waals surface area contributed by atoms with Crippen molar-refractivity contribution in [3.63, 3.8) is 0 Å². The predicted molar refractivity (Wildman–Crippen MR) is 57.9 cm³/mol. The largest absolute Gasteiger partial charge is 0.303 e. The second-order valence-electron chi connectivity index (χ2n) is 3.79. The van der Waals surface area contributed by atoms with Crippen LogP contribution in [-0.2, 0) is 0 Å². The molecule has 1 aliphatic rings. The first-order valence-electron chi connectivity index (χ1n) is 5.15. The summed E-state index contributed by atoms with van der Waals surface area (Å²) >= 11 is 3.51. The summed E-state index contributed by atoms with van der Waals surface area (Å²) in [4.78, 5) is 2.62. The zero-order chi connectivity index (χ0) is 8.81. The van der Waals surface area contributed by atoms with Crippen LogP contribution in [0.15, 0.2) is 0 Å². The smallest absolute Gasteiger partial charge is 0.00344 e. The predicted octanol–water partition coefficient (Wildman–Crippen LogP) is 2.89. The van der Waals surface area contributed by atoms with E-state index in [0.29, 0.717) is 0 Å². The van der Waals surface area contributed by atoms with Crippen molar-refractivity contribution in [3.8, 4) is 0 Å². The van der Waals surface area contributed by atoms with Crippen molar-refractivity contribution in [3.05, 3.63) is 0 Å². The number of rotatable bonds is 5. The van der Waals surface area contributed by atoms with Crippen LogP contribution in [0.4, 0.5) is 0 Å². The molecule has 0 N–H and O–H groups in total. The van der Waals surface area contributed by atoms with Crippen molar-refractivity contribution >= 4 is 15.9 Å². The first kappa shape index (κ1) is 10.5. The lowest BCUT2D eigenvalue weighted by molar-refractivity contribution is 0.317. The minimum Gasteiger partial charge on any atom is -0.303 e.